The van der Waals surface area contributed by atoms with Crippen LogP contribution < -0.4 is 15.4 Å². The van der Waals surface area contributed by atoms with Gasteiger partial charge < -0.3 is 10.1 Å². The number of carbonyl (C=O) groups excluding carboxylic acids is 1. The number of amides is 1. The van der Waals surface area contributed by atoms with Crippen LogP contribution >= 0.6 is 0 Å². The second-order valence-electron chi connectivity index (χ2n) is 6.68. The zero-order valence-corrected chi connectivity index (χ0v) is 15.4. The van der Waals surface area contributed by atoms with Crippen LogP contribution in [0, 0.1) is 6.92 Å². The Morgan fingerprint density at radius 2 is 2.04 bits per heavy atom. The lowest BCUT2D eigenvalue weighted by Crippen LogP contribution is -2.45. The summed E-state index contributed by atoms with van der Waals surface area (Å²) < 4.78 is 7.06. The molecule has 0 aliphatic carbocycles. The number of hydrogen-bond donors (Lipinski definition) is 2. The van der Waals surface area contributed by atoms with Crippen molar-refractivity contribution in [3.05, 3.63) is 71.4 Å². The molecule has 1 atom stereocenters. The van der Waals surface area contributed by atoms with Crippen molar-refractivity contribution in [2.75, 3.05) is 13.7 Å². The number of rotatable bonds is 5. The molecule has 0 saturated carbocycles. The van der Waals surface area contributed by atoms with Gasteiger partial charge in [0.1, 0.15) is 17.6 Å². The topological polar surface area (TPSA) is 68.2 Å². The van der Waals surface area contributed by atoms with Gasteiger partial charge in [-0.25, -0.2) is 4.68 Å². The van der Waals surface area contributed by atoms with E-state index in [0.717, 1.165) is 22.6 Å². The van der Waals surface area contributed by atoms with Crippen molar-refractivity contribution in [2.24, 2.45) is 0 Å². The molecule has 0 saturated heterocycles. The molecule has 6 heteroatoms. The smallest absolute Gasteiger partial charge is 0.269 e. The van der Waals surface area contributed by atoms with E-state index < -0.39 is 0 Å². The van der Waals surface area contributed by atoms with E-state index in [-0.39, 0.29) is 12.1 Å². The Balaban J connectivity index is 1.57. The number of fused-ring (bicyclic) bond motifs is 1. The molecule has 138 valence electrons. The van der Waals surface area contributed by atoms with Gasteiger partial charge in [0, 0.05) is 12.1 Å². The van der Waals surface area contributed by atoms with Gasteiger partial charge in [0.25, 0.3) is 5.91 Å². The van der Waals surface area contributed by atoms with Gasteiger partial charge in [-0.05, 0) is 30.7 Å². The standard InChI is InChI=1S/C21H22N4O2/c1-14-6-8-16(9-7-14)18-11-19-21(26)23-13-20(25(19)24-18)22-12-15-4-3-5-17(10-15)27-2/h3-11,20,22H,12-13H2,1-2H3,(H,23,26). The van der Waals surface area contributed by atoms with E-state index in [2.05, 4.69) is 10.6 Å². The summed E-state index contributed by atoms with van der Waals surface area (Å²) in [5.74, 6) is 0.730. The highest BCUT2D eigenvalue weighted by Crippen LogP contribution is 2.23. The van der Waals surface area contributed by atoms with Crippen LogP contribution in [0.15, 0.2) is 54.6 Å². The Kier molecular flexibility index (Phi) is 4.64. The summed E-state index contributed by atoms with van der Waals surface area (Å²) in [6.07, 6.45) is -0.108. The minimum atomic E-state index is -0.108. The van der Waals surface area contributed by atoms with Crippen LogP contribution in [0.2, 0.25) is 0 Å². The number of benzene rings is 2. The van der Waals surface area contributed by atoms with Crippen molar-refractivity contribution in [3.63, 3.8) is 0 Å². The Morgan fingerprint density at radius 3 is 2.81 bits per heavy atom. The Morgan fingerprint density at radius 1 is 1.22 bits per heavy atom. The molecule has 4 rings (SSSR count). The lowest BCUT2D eigenvalue weighted by atomic mass is 10.1. The molecule has 2 heterocycles. The van der Waals surface area contributed by atoms with Gasteiger partial charge >= 0.3 is 0 Å². The highest BCUT2D eigenvalue weighted by atomic mass is 16.5. The quantitative estimate of drug-likeness (QED) is 0.732. The maximum atomic E-state index is 12.3. The van der Waals surface area contributed by atoms with Crippen molar-refractivity contribution in [3.8, 4) is 17.0 Å². The molecule has 0 spiro atoms. The monoisotopic (exact) mass is 362 g/mol. The first-order valence-corrected chi connectivity index (χ1v) is 8.95. The van der Waals surface area contributed by atoms with Crippen molar-refractivity contribution >= 4 is 5.91 Å². The van der Waals surface area contributed by atoms with E-state index in [1.807, 2.05) is 61.5 Å². The van der Waals surface area contributed by atoms with Gasteiger partial charge in [-0.1, -0.05) is 42.0 Å². The van der Waals surface area contributed by atoms with Gasteiger partial charge in [-0.15, -0.1) is 0 Å². The minimum absolute atomic E-state index is 0.0970. The second kappa shape index (κ2) is 7.25. The summed E-state index contributed by atoms with van der Waals surface area (Å²) in [5.41, 5.74) is 4.68. The normalized spacial score (nSPS) is 15.9. The molecule has 2 N–H and O–H groups in total. The van der Waals surface area contributed by atoms with Crippen LogP contribution in [-0.4, -0.2) is 29.3 Å². The van der Waals surface area contributed by atoms with Crippen LogP contribution in [-0.2, 0) is 6.54 Å². The van der Waals surface area contributed by atoms with E-state index in [9.17, 15) is 4.79 Å². The summed E-state index contributed by atoms with van der Waals surface area (Å²) in [7, 11) is 1.66. The molecule has 0 fully saturated rings. The van der Waals surface area contributed by atoms with Crippen molar-refractivity contribution in [1.82, 2.24) is 20.4 Å². The number of nitrogens with zero attached hydrogens (tertiary/aromatic N) is 2. The largest absolute Gasteiger partial charge is 0.497 e. The predicted molar refractivity (Wildman–Crippen MR) is 104 cm³/mol. The van der Waals surface area contributed by atoms with E-state index in [1.54, 1.807) is 11.8 Å². The van der Waals surface area contributed by atoms with Crippen molar-refractivity contribution < 1.29 is 9.53 Å². The summed E-state index contributed by atoms with van der Waals surface area (Å²) in [6.45, 7) is 3.19. The summed E-state index contributed by atoms with van der Waals surface area (Å²) in [6, 6.07) is 17.9. The average Bonchev–Trinajstić information content (AvgIpc) is 3.15. The SMILES string of the molecule is COc1cccc(CNC2CNC(=O)c3cc(-c4ccc(C)cc4)nn32)c1. The number of aryl methyl sites for hydroxylation is 1. The fraction of sp³-hybridized carbons (Fsp3) is 0.238. The number of nitrogens with one attached hydrogen (secondary N) is 2. The summed E-state index contributed by atoms with van der Waals surface area (Å²) >= 11 is 0. The lowest BCUT2D eigenvalue weighted by molar-refractivity contribution is 0.0900. The molecule has 1 unspecified atom stereocenters. The van der Waals surface area contributed by atoms with E-state index in [4.69, 9.17) is 9.84 Å². The number of methoxy groups -OCH3 is 1. The molecule has 27 heavy (non-hydrogen) atoms. The van der Waals surface area contributed by atoms with Crippen LogP contribution in [0.4, 0.5) is 0 Å². The molecule has 1 amide bonds. The van der Waals surface area contributed by atoms with E-state index in [0.29, 0.717) is 18.8 Å². The van der Waals surface area contributed by atoms with Crippen LogP contribution in [0.5, 0.6) is 5.75 Å². The number of ether oxygens (including phenoxy) is 1. The Labute approximate surface area is 158 Å². The molecule has 1 aliphatic heterocycles. The lowest BCUT2D eigenvalue weighted by Gasteiger charge is -2.25. The first-order chi connectivity index (χ1) is 13.1. The maximum Gasteiger partial charge on any atom is 0.269 e. The fourth-order valence-electron chi connectivity index (χ4n) is 3.21. The van der Waals surface area contributed by atoms with Gasteiger partial charge in [-0.3, -0.25) is 10.1 Å². The van der Waals surface area contributed by atoms with Crippen molar-refractivity contribution in [2.45, 2.75) is 19.6 Å². The van der Waals surface area contributed by atoms with Gasteiger partial charge in [0.05, 0.1) is 19.3 Å². The van der Waals surface area contributed by atoms with Crippen LogP contribution in [0.25, 0.3) is 11.3 Å². The second-order valence-corrected chi connectivity index (χ2v) is 6.68. The molecule has 0 radical (unpaired) electrons. The highest BCUT2D eigenvalue weighted by molar-refractivity contribution is 5.94. The molecule has 3 aromatic rings. The Bertz CT molecular complexity index is 963. The van der Waals surface area contributed by atoms with Gasteiger partial charge in [0.15, 0.2) is 0 Å². The molecular weight excluding hydrogens is 340 g/mol. The predicted octanol–water partition coefficient (Wildman–Crippen LogP) is 2.90. The average molecular weight is 362 g/mol. The maximum absolute atomic E-state index is 12.3. The van der Waals surface area contributed by atoms with Crippen LogP contribution in [0.1, 0.15) is 27.8 Å². The van der Waals surface area contributed by atoms with Gasteiger partial charge in [0.2, 0.25) is 0 Å². The van der Waals surface area contributed by atoms with Crippen molar-refractivity contribution in [1.29, 1.82) is 0 Å². The third-order valence-electron chi connectivity index (χ3n) is 4.74. The molecule has 6 nitrogen and oxygen atoms in total. The highest BCUT2D eigenvalue weighted by Gasteiger charge is 2.27. The summed E-state index contributed by atoms with van der Waals surface area (Å²) in [4.78, 5) is 12.3. The number of carbonyl (C=O) groups is 1. The first kappa shape index (κ1) is 17.3. The van der Waals surface area contributed by atoms with Gasteiger partial charge in [-0.2, -0.15) is 5.10 Å². The fourth-order valence-corrected chi connectivity index (χ4v) is 3.21. The summed E-state index contributed by atoms with van der Waals surface area (Å²) in [5, 5.41) is 11.1. The molecule has 0 bridgehead atoms. The zero-order chi connectivity index (χ0) is 18.8. The molecule has 1 aliphatic rings. The molecule has 1 aromatic heterocycles. The molecule has 2 aromatic carbocycles. The first-order valence-electron chi connectivity index (χ1n) is 8.95. The van der Waals surface area contributed by atoms with E-state index >= 15 is 0 Å². The van der Waals surface area contributed by atoms with Crippen LogP contribution in [0.3, 0.4) is 0 Å². The molecular formula is C21H22N4O2. The Hall–Kier alpha value is -3.12. The zero-order valence-electron chi connectivity index (χ0n) is 15.4. The number of hydrogen-bond acceptors (Lipinski definition) is 4. The minimum Gasteiger partial charge on any atom is -0.497 e. The third-order valence-corrected chi connectivity index (χ3v) is 4.74. The third kappa shape index (κ3) is 3.57. The van der Waals surface area contributed by atoms with E-state index in [1.165, 1.54) is 5.56 Å². The number of aromatic nitrogens is 2.